The Labute approximate surface area is 531 Å². The fraction of sp³-hybridized carbons (Fsp3) is 0.176. The van der Waals surface area contributed by atoms with E-state index in [4.69, 9.17) is 4.98 Å². The van der Waals surface area contributed by atoms with Gasteiger partial charge in [-0.15, -0.1) is 34.0 Å². The number of likely N-dealkylation sites (N-methyl/N-ethyl adjacent to an activating group) is 3. The van der Waals surface area contributed by atoms with Crippen molar-refractivity contribution in [1.29, 1.82) is 0 Å². The average molecular weight is 1210 g/mol. The van der Waals surface area contributed by atoms with Crippen LogP contribution in [0.3, 0.4) is 0 Å². The molecule has 5 heterocycles. The van der Waals surface area contributed by atoms with Crippen LogP contribution in [0.5, 0.6) is 0 Å². The molecule has 0 radical (unpaired) electrons. The van der Waals surface area contributed by atoms with E-state index in [1.54, 1.807) is 46.4 Å². The lowest BCUT2D eigenvalue weighted by Gasteiger charge is -2.20. The zero-order valence-corrected chi connectivity index (χ0v) is 52.6. The van der Waals surface area contributed by atoms with Crippen LogP contribution in [0, 0.1) is 0 Å². The van der Waals surface area contributed by atoms with Crippen molar-refractivity contribution in [2.24, 2.45) is 0 Å². The molecule has 14 heteroatoms. The molecule has 0 bridgehead atoms. The number of rotatable bonds is 25. The van der Waals surface area contributed by atoms with Crippen molar-refractivity contribution in [3.63, 3.8) is 0 Å². The van der Waals surface area contributed by atoms with E-state index in [1.165, 1.54) is 33.4 Å². The van der Waals surface area contributed by atoms with Crippen LogP contribution in [0.1, 0.15) is 40.3 Å². The fourth-order valence-corrected chi connectivity index (χ4v) is 11.9. The Morgan fingerprint density at radius 1 is 0.341 bits per heavy atom. The van der Waals surface area contributed by atoms with Gasteiger partial charge in [0.1, 0.15) is 0 Å². The summed E-state index contributed by atoms with van der Waals surface area (Å²) in [5, 5.41) is 19.1. The zero-order chi connectivity index (χ0) is 60.4. The Morgan fingerprint density at radius 2 is 0.670 bits per heavy atom. The number of anilines is 6. The van der Waals surface area contributed by atoms with Crippen molar-refractivity contribution in [2.75, 3.05) is 56.2 Å². The van der Waals surface area contributed by atoms with E-state index in [-0.39, 0.29) is 0 Å². The Hall–Kier alpha value is -8.99. The van der Waals surface area contributed by atoms with Crippen LogP contribution in [-0.4, -0.2) is 79.9 Å². The molecule has 0 fully saturated rings. The second-order valence-electron chi connectivity index (χ2n) is 21.5. The Morgan fingerprint density at radius 3 is 1.02 bits per heavy atom. The number of aromatic nitrogens is 5. The van der Waals surface area contributed by atoms with Gasteiger partial charge in [-0.2, -0.15) is 0 Å². The largest absolute Gasteiger partial charge is 0.332 e. The van der Waals surface area contributed by atoms with Crippen molar-refractivity contribution in [1.82, 2.24) is 39.6 Å². The molecule has 12 aromatic rings. The van der Waals surface area contributed by atoms with E-state index in [2.05, 4.69) is 264 Å². The summed E-state index contributed by atoms with van der Waals surface area (Å²) in [5.74, 6) is 0. The van der Waals surface area contributed by atoms with Crippen molar-refractivity contribution < 1.29 is 0 Å². The highest BCUT2D eigenvalue weighted by Gasteiger charge is 2.11. The minimum Gasteiger partial charge on any atom is -0.332 e. The van der Waals surface area contributed by atoms with Gasteiger partial charge in [0, 0.05) is 114 Å². The lowest BCUT2D eigenvalue weighted by molar-refractivity contribution is 0.283. The summed E-state index contributed by atoms with van der Waals surface area (Å²) in [6.07, 6.45) is 10.3. The first-order valence-electron chi connectivity index (χ1n) is 29.8. The van der Waals surface area contributed by atoms with Gasteiger partial charge in [-0.05, 0) is 134 Å². The molecular formula is C74H75N11S3. The number of nitrogens with zero attached hydrogens (tertiary/aromatic N) is 8. The number of benzene rings is 7. The molecule has 0 atom stereocenters. The summed E-state index contributed by atoms with van der Waals surface area (Å²) in [4.78, 5) is 29.6. The van der Waals surface area contributed by atoms with Crippen molar-refractivity contribution in [2.45, 2.75) is 45.8 Å². The van der Waals surface area contributed by atoms with E-state index >= 15 is 0 Å². The highest BCUT2D eigenvalue weighted by Crippen LogP contribution is 2.30. The van der Waals surface area contributed by atoms with Crippen LogP contribution in [0.4, 0.5) is 32.5 Å². The molecule has 5 aromatic heterocycles. The minimum absolute atomic E-state index is 0.888. The molecule has 0 aliphatic rings. The summed E-state index contributed by atoms with van der Waals surface area (Å²) in [5.41, 5.74) is 17.4. The third kappa shape index (κ3) is 20.0. The number of hydrogen-bond donors (Lipinski definition) is 3. The molecule has 0 unspecified atom stereocenters. The first kappa shape index (κ1) is 62.1. The maximum atomic E-state index is 4.70. The van der Waals surface area contributed by atoms with Crippen molar-refractivity contribution >= 4 is 66.5 Å². The molecule has 0 aliphatic heterocycles. The van der Waals surface area contributed by atoms with Gasteiger partial charge >= 0.3 is 0 Å². The maximum absolute atomic E-state index is 4.70. The number of hydrogen-bond acceptors (Lipinski definition) is 14. The summed E-state index contributed by atoms with van der Waals surface area (Å²) >= 11 is 4.84. The molecule has 11 nitrogen and oxygen atoms in total. The molecule has 0 saturated carbocycles. The van der Waals surface area contributed by atoms with Gasteiger partial charge in [-0.3, -0.25) is 14.9 Å². The van der Waals surface area contributed by atoms with Crippen LogP contribution >= 0.6 is 34.0 Å². The van der Waals surface area contributed by atoms with Crippen molar-refractivity contribution in [3.05, 3.63) is 293 Å². The Bertz CT molecular complexity index is 3700. The summed E-state index contributed by atoms with van der Waals surface area (Å²) in [7, 11) is 4.35. The van der Waals surface area contributed by atoms with Crippen LogP contribution < -0.4 is 16.0 Å². The molecular weight excluding hydrogens is 1140 g/mol. The highest BCUT2D eigenvalue weighted by molar-refractivity contribution is 7.14. The van der Waals surface area contributed by atoms with E-state index in [0.717, 1.165) is 131 Å². The van der Waals surface area contributed by atoms with Gasteiger partial charge in [0.2, 0.25) is 0 Å². The van der Waals surface area contributed by atoms with E-state index < -0.39 is 0 Å². The molecule has 0 spiro atoms. The van der Waals surface area contributed by atoms with E-state index in [9.17, 15) is 0 Å². The maximum Gasteiger partial charge on any atom is 0.187 e. The molecule has 0 saturated heterocycles. The van der Waals surface area contributed by atoms with E-state index in [0.29, 0.717) is 0 Å². The lowest BCUT2D eigenvalue weighted by atomic mass is 10.1. The SMILES string of the molecule is CCN(CCc1ccc(Nc2nc(-c3cccnc3)cs2)cc1)Cc1ccccc1.CN(CCc1ccc(Nc2nc(-c3ccccc3)cs2)cc1)Cc1ccccc1.CN(CCc1ccc(Nc2nc(-c3cccnc3)cs2)cc1)Cc1ccccc1. The standard InChI is InChI=1S/C25H26N4S.C25H25N3S.C24H24N4S/c1-2-29(18-21-7-4-3-5-8-21)16-14-20-10-12-23(13-11-20)27-25-28-24(19-30-25)22-9-6-15-26-17-22;1-28(18-21-8-4-2-5-9-21)17-16-20-12-14-23(15-13-20)26-25-27-24(19-29-25)22-10-6-3-7-11-22;1-28(17-20-6-3-2-4-7-20)15-13-19-9-11-22(12-10-19)26-24-27-23(18-29-24)21-8-5-14-25-16-21/h3-13,15,17,19H,2,14,16,18H2,1H3,(H,27,28);2-15,19H,16-18H2,1H3,(H,26,27);2-12,14,16,18H,13,15,17H2,1H3,(H,26,27). The van der Waals surface area contributed by atoms with Crippen LogP contribution in [0.25, 0.3) is 33.8 Å². The number of pyridine rings is 2. The van der Waals surface area contributed by atoms with Crippen molar-refractivity contribution in [3.8, 4) is 33.8 Å². The molecule has 7 aromatic carbocycles. The third-order valence-corrected chi connectivity index (χ3v) is 17.0. The van der Waals surface area contributed by atoms with Gasteiger partial charge < -0.3 is 25.8 Å². The number of nitrogens with one attached hydrogen (secondary N) is 3. The average Bonchev–Trinajstić information content (AvgIpc) is 4.57. The zero-order valence-electron chi connectivity index (χ0n) is 50.2. The minimum atomic E-state index is 0.888. The molecule has 88 heavy (non-hydrogen) atoms. The predicted octanol–water partition coefficient (Wildman–Crippen LogP) is 17.9. The second kappa shape index (κ2) is 33.2. The van der Waals surface area contributed by atoms with Crippen LogP contribution in [0.15, 0.2) is 259 Å². The fourth-order valence-electron chi connectivity index (χ4n) is 9.73. The van der Waals surface area contributed by atoms with Gasteiger partial charge in [-0.25, -0.2) is 15.0 Å². The Balaban J connectivity index is 0.000000146. The van der Waals surface area contributed by atoms with Crippen LogP contribution in [-0.2, 0) is 38.9 Å². The summed E-state index contributed by atoms with van der Waals surface area (Å²) in [6, 6.07) is 76.0. The second-order valence-corrected chi connectivity index (χ2v) is 24.1. The molecule has 444 valence electrons. The first-order chi connectivity index (χ1) is 43.3. The van der Waals surface area contributed by atoms with Gasteiger partial charge in [0.05, 0.1) is 17.1 Å². The lowest BCUT2D eigenvalue weighted by Crippen LogP contribution is -2.25. The smallest absolute Gasteiger partial charge is 0.187 e. The predicted molar refractivity (Wildman–Crippen MR) is 371 cm³/mol. The summed E-state index contributed by atoms with van der Waals surface area (Å²) in [6.45, 7) is 9.36. The first-order valence-corrected chi connectivity index (χ1v) is 32.5. The number of thiazole rings is 3. The highest BCUT2D eigenvalue weighted by atomic mass is 32.1. The van der Waals surface area contributed by atoms with Gasteiger partial charge in [0.25, 0.3) is 0 Å². The topological polar surface area (TPSA) is 110 Å². The Kier molecular flexibility index (Phi) is 23.4. The molecule has 3 N–H and O–H groups in total. The monoisotopic (exact) mass is 1210 g/mol. The molecule has 0 amide bonds. The van der Waals surface area contributed by atoms with Gasteiger partial charge in [0.15, 0.2) is 15.4 Å². The molecule has 0 aliphatic carbocycles. The normalized spacial score (nSPS) is 11.0. The quantitative estimate of drug-likeness (QED) is 0.0509. The van der Waals surface area contributed by atoms with Crippen LogP contribution in [0.2, 0.25) is 0 Å². The summed E-state index contributed by atoms with van der Waals surface area (Å²) < 4.78 is 0. The third-order valence-electron chi connectivity index (χ3n) is 14.7. The van der Waals surface area contributed by atoms with Gasteiger partial charge in [-0.1, -0.05) is 165 Å². The molecule has 12 rings (SSSR count). The van der Waals surface area contributed by atoms with E-state index in [1.807, 2.05) is 54.9 Å².